The van der Waals surface area contributed by atoms with Gasteiger partial charge in [-0.1, -0.05) is 25.1 Å². The fourth-order valence-corrected chi connectivity index (χ4v) is 2.10. The Morgan fingerprint density at radius 3 is 2.24 bits per heavy atom. The van der Waals surface area contributed by atoms with Gasteiger partial charge in [-0.15, -0.1) is 0 Å². The molecule has 0 amide bonds. The highest BCUT2D eigenvalue weighted by molar-refractivity contribution is 5.32. The zero-order valence-corrected chi connectivity index (χ0v) is 12.3. The molecule has 3 nitrogen and oxygen atoms in total. The first kappa shape index (κ1) is 15.3. The van der Waals surface area contributed by atoms with Crippen molar-refractivity contribution in [3.8, 4) is 11.5 Å². The third kappa shape index (κ3) is 3.73. The summed E-state index contributed by atoms with van der Waals surface area (Å²) in [4.78, 5) is 0. The lowest BCUT2D eigenvalue weighted by Gasteiger charge is -2.25. The summed E-state index contributed by atoms with van der Waals surface area (Å²) in [5.74, 6) is 1.07. The van der Waals surface area contributed by atoms with Crippen LogP contribution in [0.2, 0.25) is 0 Å². The van der Waals surface area contributed by atoms with Gasteiger partial charge in [-0.3, -0.25) is 0 Å². The molecule has 0 bridgehead atoms. The molecule has 2 rings (SSSR count). The predicted molar refractivity (Wildman–Crippen MR) is 81.0 cm³/mol. The molecule has 112 valence electrons. The highest BCUT2D eigenvalue weighted by Crippen LogP contribution is 2.28. The van der Waals surface area contributed by atoms with Crippen molar-refractivity contribution < 1.29 is 13.9 Å². The monoisotopic (exact) mass is 289 g/mol. The molecule has 0 aliphatic rings. The zero-order valence-electron chi connectivity index (χ0n) is 12.3. The maximum absolute atomic E-state index is 14.0. The van der Waals surface area contributed by atoms with Crippen LogP contribution >= 0.6 is 0 Å². The molecular weight excluding hydrogens is 269 g/mol. The Kier molecular flexibility index (Phi) is 5.17. The Morgan fingerprint density at radius 2 is 1.67 bits per heavy atom. The summed E-state index contributed by atoms with van der Waals surface area (Å²) >= 11 is 0. The minimum Gasteiger partial charge on any atom is -0.497 e. The van der Waals surface area contributed by atoms with Gasteiger partial charge < -0.3 is 15.2 Å². The number of ether oxygens (including phenoxy) is 2. The highest BCUT2D eigenvalue weighted by Gasteiger charge is 2.23. The minimum atomic E-state index is -0.524. The number of nitrogens with two attached hydrogens (primary N) is 1. The zero-order chi connectivity index (χ0) is 15.2. The van der Waals surface area contributed by atoms with E-state index in [1.165, 1.54) is 6.07 Å². The van der Waals surface area contributed by atoms with E-state index in [9.17, 15) is 4.39 Å². The molecule has 2 N–H and O–H groups in total. The van der Waals surface area contributed by atoms with Crippen LogP contribution in [-0.4, -0.2) is 13.2 Å². The number of benzene rings is 2. The topological polar surface area (TPSA) is 44.5 Å². The van der Waals surface area contributed by atoms with E-state index in [1.54, 1.807) is 49.6 Å². The second kappa shape index (κ2) is 7.09. The Morgan fingerprint density at radius 1 is 1.05 bits per heavy atom. The van der Waals surface area contributed by atoms with Crippen LogP contribution in [0.1, 0.15) is 25.0 Å². The van der Waals surface area contributed by atoms with Crippen LogP contribution in [0.3, 0.4) is 0 Å². The van der Waals surface area contributed by atoms with Crippen LogP contribution in [0.25, 0.3) is 0 Å². The fourth-order valence-electron chi connectivity index (χ4n) is 2.10. The average molecular weight is 289 g/mol. The average Bonchev–Trinajstić information content (AvgIpc) is 2.53. The second-order valence-corrected chi connectivity index (χ2v) is 4.81. The van der Waals surface area contributed by atoms with Gasteiger partial charge in [0, 0.05) is 11.6 Å². The summed E-state index contributed by atoms with van der Waals surface area (Å²) in [5.41, 5.74) is 6.58. The van der Waals surface area contributed by atoms with Gasteiger partial charge in [0.15, 0.2) is 0 Å². The summed E-state index contributed by atoms with van der Waals surface area (Å²) in [5, 5.41) is 0. The van der Waals surface area contributed by atoms with E-state index < -0.39 is 6.10 Å². The first-order valence-electron chi connectivity index (χ1n) is 6.96. The number of rotatable bonds is 6. The molecule has 0 saturated carbocycles. The Labute approximate surface area is 124 Å². The fraction of sp³-hybridized carbons (Fsp3) is 0.294. The lowest BCUT2D eigenvalue weighted by Crippen LogP contribution is -2.32. The highest BCUT2D eigenvalue weighted by atomic mass is 19.1. The Hall–Kier alpha value is -2.07. The van der Waals surface area contributed by atoms with Crippen LogP contribution in [0.15, 0.2) is 48.5 Å². The molecule has 0 fully saturated rings. The van der Waals surface area contributed by atoms with Crippen molar-refractivity contribution in [3.05, 3.63) is 59.9 Å². The first-order valence-corrected chi connectivity index (χ1v) is 6.96. The minimum absolute atomic E-state index is 0.288. The summed E-state index contributed by atoms with van der Waals surface area (Å²) in [6, 6.07) is 13.4. The number of hydrogen-bond donors (Lipinski definition) is 1. The number of methoxy groups -OCH3 is 1. The third-order valence-corrected chi connectivity index (χ3v) is 3.39. The number of hydrogen-bond acceptors (Lipinski definition) is 3. The van der Waals surface area contributed by atoms with Gasteiger partial charge >= 0.3 is 0 Å². The molecule has 0 aliphatic heterocycles. The van der Waals surface area contributed by atoms with Crippen molar-refractivity contribution in [2.75, 3.05) is 7.11 Å². The van der Waals surface area contributed by atoms with E-state index in [2.05, 4.69) is 0 Å². The lowest BCUT2D eigenvalue weighted by atomic mass is 10.0. The summed E-state index contributed by atoms with van der Waals surface area (Å²) in [6.07, 6.45) is 0.166. The van der Waals surface area contributed by atoms with Crippen LogP contribution in [0, 0.1) is 5.82 Å². The Bertz CT molecular complexity index is 571. The molecular formula is C17H20FNO2. The summed E-state index contributed by atoms with van der Waals surface area (Å²) < 4.78 is 25.0. The number of halogens is 1. The van der Waals surface area contributed by atoms with E-state index in [0.29, 0.717) is 17.7 Å². The van der Waals surface area contributed by atoms with Gasteiger partial charge in [-0.05, 0) is 36.8 Å². The van der Waals surface area contributed by atoms with E-state index in [1.807, 2.05) is 6.92 Å². The van der Waals surface area contributed by atoms with Gasteiger partial charge in [-0.2, -0.15) is 0 Å². The Balaban J connectivity index is 2.26. The van der Waals surface area contributed by atoms with Crippen LogP contribution in [-0.2, 0) is 0 Å². The maximum atomic E-state index is 14.0. The van der Waals surface area contributed by atoms with Crippen LogP contribution < -0.4 is 15.2 Å². The van der Waals surface area contributed by atoms with Gasteiger partial charge in [0.05, 0.1) is 7.11 Å². The summed E-state index contributed by atoms with van der Waals surface area (Å²) in [6.45, 7) is 1.95. The molecule has 0 saturated heterocycles. The van der Waals surface area contributed by atoms with E-state index in [0.717, 1.165) is 5.75 Å². The van der Waals surface area contributed by atoms with E-state index >= 15 is 0 Å². The van der Waals surface area contributed by atoms with Crippen LogP contribution in [0.4, 0.5) is 4.39 Å². The van der Waals surface area contributed by atoms with E-state index in [-0.39, 0.29) is 11.9 Å². The molecule has 21 heavy (non-hydrogen) atoms. The lowest BCUT2D eigenvalue weighted by molar-refractivity contribution is 0.166. The normalized spacial score (nSPS) is 13.5. The van der Waals surface area contributed by atoms with E-state index in [4.69, 9.17) is 15.2 Å². The van der Waals surface area contributed by atoms with Crippen molar-refractivity contribution >= 4 is 0 Å². The first-order chi connectivity index (χ1) is 10.2. The smallest absolute Gasteiger partial charge is 0.142 e. The van der Waals surface area contributed by atoms with Gasteiger partial charge in [-0.25, -0.2) is 4.39 Å². The third-order valence-electron chi connectivity index (χ3n) is 3.39. The standard InChI is InChI=1S/C17H20FNO2/c1-3-16(19)17(14-6-4-5-7-15(14)18)21-13-10-8-12(20-2)9-11-13/h4-11,16-17H,3,19H2,1-2H3. The maximum Gasteiger partial charge on any atom is 0.142 e. The van der Waals surface area contributed by atoms with Gasteiger partial charge in [0.2, 0.25) is 0 Å². The molecule has 0 aromatic heterocycles. The van der Waals surface area contributed by atoms with Gasteiger partial charge in [0.1, 0.15) is 23.4 Å². The molecule has 0 heterocycles. The van der Waals surface area contributed by atoms with Crippen molar-refractivity contribution in [1.29, 1.82) is 0 Å². The molecule has 4 heteroatoms. The van der Waals surface area contributed by atoms with Crippen molar-refractivity contribution in [2.45, 2.75) is 25.5 Å². The van der Waals surface area contributed by atoms with Crippen molar-refractivity contribution in [2.24, 2.45) is 5.73 Å². The molecule has 2 aromatic carbocycles. The molecule has 0 spiro atoms. The quantitative estimate of drug-likeness (QED) is 0.882. The molecule has 2 atom stereocenters. The van der Waals surface area contributed by atoms with Gasteiger partial charge in [0.25, 0.3) is 0 Å². The van der Waals surface area contributed by atoms with Crippen molar-refractivity contribution in [1.82, 2.24) is 0 Å². The van der Waals surface area contributed by atoms with Crippen LogP contribution in [0.5, 0.6) is 11.5 Å². The SMILES string of the molecule is CCC(N)C(Oc1ccc(OC)cc1)c1ccccc1F. The molecule has 2 aromatic rings. The molecule has 0 aliphatic carbocycles. The largest absolute Gasteiger partial charge is 0.497 e. The second-order valence-electron chi connectivity index (χ2n) is 4.81. The molecule has 0 radical (unpaired) electrons. The van der Waals surface area contributed by atoms with Crippen molar-refractivity contribution in [3.63, 3.8) is 0 Å². The summed E-state index contributed by atoms with van der Waals surface area (Å²) in [7, 11) is 1.60. The predicted octanol–water partition coefficient (Wildman–Crippen LogP) is 3.69. The molecule has 2 unspecified atom stereocenters.